The molecule has 2 rings (SSSR count). The van der Waals surface area contributed by atoms with Crippen molar-refractivity contribution in [2.24, 2.45) is 0 Å². The SMILES string of the molecule is CCc1ncc(S(=O)(=O)Nc2ccc(Cl)c(F)c2)[nH]1. The van der Waals surface area contributed by atoms with Gasteiger partial charge in [-0.3, -0.25) is 4.72 Å². The van der Waals surface area contributed by atoms with Crippen LogP contribution in [0.3, 0.4) is 0 Å². The first kappa shape index (κ1) is 13.8. The Hall–Kier alpha value is -1.60. The van der Waals surface area contributed by atoms with Crippen molar-refractivity contribution in [2.75, 3.05) is 4.72 Å². The van der Waals surface area contributed by atoms with E-state index in [0.717, 1.165) is 6.07 Å². The number of H-pyrrole nitrogens is 1. The van der Waals surface area contributed by atoms with Gasteiger partial charge in [0, 0.05) is 6.42 Å². The Bertz CT molecular complexity index is 700. The van der Waals surface area contributed by atoms with Gasteiger partial charge in [-0.2, -0.15) is 8.42 Å². The number of nitrogens with one attached hydrogen (secondary N) is 2. The molecule has 0 radical (unpaired) electrons. The molecule has 0 spiro atoms. The number of halogens is 2. The van der Waals surface area contributed by atoms with Crippen LogP contribution in [-0.2, 0) is 16.4 Å². The summed E-state index contributed by atoms with van der Waals surface area (Å²) in [5.41, 5.74) is 0.0922. The second kappa shape index (κ2) is 5.18. The van der Waals surface area contributed by atoms with Gasteiger partial charge in [0.2, 0.25) is 0 Å². The van der Waals surface area contributed by atoms with Gasteiger partial charge in [0.1, 0.15) is 11.6 Å². The molecule has 0 amide bonds. The molecule has 0 saturated heterocycles. The summed E-state index contributed by atoms with van der Waals surface area (Å²) >= 11 is 5.52. The van der Waals surface area contributed by atoms with E-state index < -0.39 is 15.8 Å². The van der Waals surface area contributed by atoms with Crippen molar-refractivity contribution in [3.05, 3.63) is 41.1 Å². The zero-order valence-electron chi connectivity index (χ0n) is 9.94. The van der Waals surface area contributed by atoms with E-state index in [1.165, 1.54) is 18.3 Å². The van der Waals surface area contributed by atoms with Crippen molar-refractivity contribution in [3.8, 4) is 0 Å². The van der Waals surface area contributed by atoms with Crippen LogP contribution in [0.5, 0.6) is 0 Å². The molecule has 8 heteroatoms. The van der Waals surface area contributed by atoms with Crippen LogP contribution in [0.4, 0.5) is 10.1 Å². The summed E-state index contributed by atoms with van der Waals surface area (Å²) in [6.07, 6.45) is 1.80. The topological polar surface area (TPSA) is 74.8 Å². The normalized spacial score (nSPS) is 11.5. The predicted octanol–water partition coefficient (Wildman–Crippen LogP) is 2.57. The standard InChI is InChI=1S/C11H11ClFN3O2S/c1-2-10-14-6-11(15-10)19(17,18)16-7-3-4-8(12)9(13)5-7/h3-6,16H,2H2,1H3,(H,14,15). The van der Waals surface area contributed by atoms with Crippen LogP contribution in [-0.4, -0.2) is 18.4 Å². The molecule has 0 atom stereocenters. The number of aromatic nitrogens is 2. The van der Waals surface area contributed by atoms with Crippen LogP contribution < -0.4 is 4.72 Å². The molecule has 2 aromatic rings. The summed E-state index contributed by atoms with van der Waals surface area (Å²) in [7, 11) is -3.81. The zero-order chi connectivity index (χ0) is 14.0. The summed E-state index contributed by atoms with van der Waals surface area (Å²) in [4.78, 5) is 6.57. The van der Waals surface area contributed by atoms with Gasteiger partial charge in [-0.05, 0) is 18.2 Å². The van der Waals surface area contributed by atoms with Gasteiger partial charge in [-0.1, -0.05) is 18.5 Å². The van der Waals surface area contributed by atoms with Gasteiger partial charge in [0.05, 0.1) is 16.9 Å². The second-order valence-electron chi connectivity index (χ2n) is 3.78. The molecular formula is C11H11ClFN3O2S. The third-order valence-corrected chi connectivity index (χ3v) is 4.00. The van der Waals surface area contributed by atoms with Gasteiger partial charge < -0.3 is 4.98 Å². The lowest BCUT2D eigenvalue weighted by Crippen LogP contribution is -2.13. The van der Waals surface area contributed by atoms with E-state index in [0.29, 0.717) is 12.2 Å². The van der Waals surface area contributed by atoms with Crippen molar-refractivity contribution < 1.29 is 12.8 Å². The van der Waals surface area contributed by atoms with Gasteiger partial charge in [-0.15, -0.1) is 0 Å². The van der Waals surface area contributed by atoms with Crippen LogP contribution in [0.1, 0.15) is 12.7 Å². The molecule has 1 heterocycles. The van der Waals surface area contributed by atoms with Crippen LogP contribution in [0, 0.1) is 5.82 Å². The van der Waals surface area contributed by atoms with E-state index in [9.17, 15) is 12.8 Å². The van der Waals surface area contributed by atoms with Gasteiger partial charge in [-0.25, -0.2) is 9.37 Å². The molecule has 0 saturated carbocycles. The summed E-state index contributed by atoms with van der Waals surface area (Å²) in [5.74, 6) is -0.136. The molecule has 0 aliphatic heterocycles. The zero-order valence-corrected chi connectivity index (χ0v) is 11.5. The highest BCUT2D eigenvalue weighted by Crippen LogP contribution is 2.21. The lowest BCUT2D eigenvalue weighted by atomic mass is 10.3. The number of sulfonamides is 1. The average molecular weight is 304 g/mol. The highest BCUT2D eigenvalue weighted by Gasteiger charge is 2.17. The number of rotatable bonds is 4. The fraction of sp³-hybridized carbons (Fsp3) is 0.182. The number of anilines is 1. The first-order chi connectivity index (χ1) is 8.92. The lowest BCUT2D eigenvalue weighted by molar-refractivity contribution is 0.598. The van der Waals surface area contributed by atoms with Gasteiger partial charge >= 0.3 is 0 Å². The first-order valence-corrected chi connectivity index (χ1v) is 7.30. The maximum Gasteiger partial charge on any atom is 0.278 e. The van der Waals surface area contributed by atoms with E-state index >= 15 is 0 Å². The number of nitrogens with zero attached hydrogens (tertiary/aromatic N) is 1. The fourth-order valence-corrected chi connectivity index (χ4v) is 2.54. The van der Waals surface area contributed by atoms with Crippen molar-refractivity contribution in [1.82, 2.24) is 9.97 Å². The lowest BCUT2D eigenvalue weighted by Gasteiger charge is -2.06. The van der Waals surface area contributed by atoms with E-state index in [2.05, 4.69) is 14.7 Å². The number of hydrogen-bond donors (Lipinski definition) is 2. The molecule has 2 N–H and O–H groups in total. The van der Waals surface area contributed by atoms with Crippen LogP contribution in [0.15, 0.2) is 29.4 Å². The molecule has 0 unspecified atom stereocenters. The van der Waals surface area contributed by atoms with E-state index in [-0.39, 0.29) is 15.7 Å². The molecule has 5 nitrogen and oxygen atoms in total. The molecule has 0 bridgehead atoms. The Labute approximate surface area is 114 Å². The number of aromatic amines is 1. The number of benzene rings is 1. The van der Waals surface area contributed by atoms with E-state index in [4.69, 9.17) is 11.6 Å². The maximum absolute atomic E-state index is 13.2. The summed E-state index contributed by atoms with van der Waals surface area (Å²) in [5, 5.41) is -0.141. The van der Waals surface area contributed by atoms with Crippen molar-refractivity contribution in [3.63, 3.8) is 0 Å². The first-order valence-electron chi connectivity index (χ1n) is 5.44. The molecule has 0 fully saturated rings. The minimum absolute atomic E-state index is 0.0697. The van der Waals surface area contributed by atoms with Crippen molar-refractivity contribution in [1.29, 1.82) is 0 Å². The highest BCUT2D eigenvalue weighted by molar-refractivity contribution is 7.92. The Morgan fingerprint density at radius 2 is 2.21 bits per heavy atom. The maximum atomic E-state index is 13.2. The fourth-order valence-electron chi connectivity index (χ4n) is 1.43. The van der Waals surface area contributed by atoms with Gasteiger partial charge in [0.25, 0.3) is 10.0 Å². The molecule has 19 heavy (non-hydrogen) atoms. The largest absolute Gasteiger partial charge is 0.332 e. The molecule has 0 aliphatic rings. The summed E-state index contributed by atoms with van der Waals surface area (Å²) in [6.45, 7) is 1.84. The van der Waals surface area contributed by atoms with Crippen LogP contribution >= 0.6 is 11.6 Å². The van der Waals surface area contributed by atoms with E-state index in [1.54, 1.807) is 0 Å². The highest BCUT2D eigenvalue weighted by atomic mass is 35.5. The Morgan fingerprint density at radius 1 is 1.47 bits per heavy atom. The molecule has 1 aromatic carbocycles. The van der Waals surface area contributed by atoms with E-state index in [1.807, 2.05) is 6.92 Å². The quantitative estimate of drug-likeness (QED) is 0.911. The third-order valence-electron chi connectivity index (χ3n) is 2.40. The minimum Gasteiger partial charge on any atom is -0.332 e. The summed E-state index contributed by atoms with van der Waals surface area (Å²) in [6, 6.07) is 3.66. The van der Waals surface area contributed by atoms with Crippen LogP contribution in [0.25, 0.3) is 0 Å². The number of imidazole rings is 1. The molecule has 1 aromatic heterocycles. The van der Waals surface area contributed by atoms with Gasteiger partial charge in [0.15, 0.2) is 5.03 Å². The number of aryl methyl sites for hydroxylation is 1. The summed E-state index contributed by atoms with van der Waals surface area (Å²) < 4.78 is 39.4. The predicted molar refractivity (Wildman–Crippen MR) is 70.2 cm³/mol. The Kier molecular flexibility index (Phi) is 3.77. The smallest absolute Gasteiger partial charge is 0.278 e. The molecule has 102 valence electrons. The monoisotopic (exact) mass is 303 g/mol. The minimum atomic E-state index is -3.81. The van der Waals surface area contributed by atoms with Crippen molar-refractivity contribution >= 4 is 27.3 Å². The Balaban J connectivity index is 2.28. The second-order valence-corrected chi connectivity index (χ2v) is 5.84. The number of hydrogen-bond acceptors (Lipinski definition) is 3. The molecular weight excluding hydrogens is 293 g/mol. The Morgan fingerprint density at radius 3 is 2.79 bits per heavy atom. The van der Waals surface area contributed by atoms with Crippen molar-refractivity contribution in [2.45, 2.75) is 18.4 Å². The average Bonchev–Trinajstić information content (AvgIpc) is 2.83. The van der Waals surface area contributed by atoms with Crippen LogP contribution in [0.2, 0.25) is 5.02 Å². The molecule has 0 aliphatic carbocycles. The third kappa shape index (κ3) is 3.05.